The molecule has 0 N–H and O–H groups in total. The van der Waals surface area contributed by atoms with Crippen molar-refractivity contribution in [3.63, 3.8) is 0 Å². The second kappa shape index (κ2) is 4.94. The van der Waals surface area contributed by atoms with E-state index in [0.717, 1.165) is 27.3 Å². The monoisotopic (exact) mass is 390 g/mol. The fraction of sp³-hybridized carbons (Fsp3) is 0.176. The van der Waals surface area contributed by atoms with E-state index in [2.05, 4.69) is 36.7 Å². The minimum Gasteiger partial charge on any atom is -1.00 e. The molecule has 0 spiro atoms. The first kappa shape index (κ1) is 14.3. The molecule has 106 valence electrons. The van der Waals surface area contributed by atoms with Crippen LogP contribution in [-0.2, 0) is 0 Å². The summed E-state index contributed by atoms with van der Waals surface area (Å²) < 4.78 is 4.04. The molecule has 21 heavy (non-hydrogen) atoms. The van der Waals surface area contributed by atoms with Crippen molar-refractivity contribution in [3.05, 3.63) is 59.0 Å². The largest absolute Gasteiger partial charge is 1.00 e. The molecule has 0 atom stereocenters. The highest BCUT2D eigenvalue weighted by molar-refractivity contribution is 6.11. The molecule has 0 aliphatic rings. The lowest BCUT2D eigenvalue weighted by atomic mass is 10.1. The molecule has 3 nitrogen and oxygen atoms in total. The van der Waals surface area contributed by atoms with Crippen LogP contribution < -0.4 is 34.1 Å². The van der Waals surface area contributed by atoms with E-state index in [4.69, 9.17) is 0 Å². The van der Waals surface area contributed by atoms with Gasteiger partial charge in [0.25, 0.3) is 5.56 Å². The van der Waals surface area contributed by atoms with Crippen LogP contribution in [0.15, 0.2) is 53.5 Å². The van der Waals surface area contributed by atoms with Crippen molar-refractivity contribution in [2.24, 2.45) is 0 Å². The minimum atomic E-state index is 0. The molecular weight excluding hydrogens is 375 g/mol. The van der Waals surface area contributed by atoms with Gasteiger partial charge in [-0.25, -0.2) is 0 Å². The molecule has 4 heteroatoms. The van der Waals surface area contributed by atoms with E-state index in [1.54, 1.807) is 6.07 Å². The van der Waals surface area contributed by atoms with Crippen LogP contribution in [0.2, 0.25) is 0 Å². The van der Waals surface area contributed by atoms with Gasteiger partial charge in [-0.3, -0.25) is 9.20 Å². The Morgan fingerprint density at radius 1 is 1.00 bits per heavy atom. The maximum Gasteiger partial charge on any atom is 0.256 e. The molecule has 0 saturated carbocycles. The van der Waals surface area contributed by atoms with Crippen molar-refractivity contribution < 1.29 is 28.5 Å². The maximum atomic E-state index is 12.3. The number of benzene rings is 1. The van der Waals surface area contributed by atoms with Crippen LogP contribution in [0, 0.1) is 0 Å². The third-order valence-electron chi connectivity index (χ3n) is 4.00. The number of hydrogen-bond acceptors (Lipinski definition) is 1. The van der Waals surface area contributed by atoms with Gasteiger partial charge in [0.1, 0.15) is 5.52 Å². The first-order valence-corrected chi connectivity index (χ1v) is 6.88. The highest BCUT2D eigenvalue weighted by Crippen LogP contribution is 2.28. The van der Waals surface area contributed by atoms with Crippen molar-refractivity contribution in [2.75, 3.05) is 0 Å². The van der Waals surface area contributed by atoms with Crippen molar-refractivity contribution in [3.8, 4) is 0 Å². The lowest BCUT2D eigenvalue weighted by Gasteiger charge is -2.04. The summed E-state index contributed by atoms with van der Waals surface area (Å²) in [6.07, 6.45) is 2.11. The smallest absolute Gasteiger partial charge is 0.256 e. The van der Waals surface area contributed by atoms with Gasteiger partial charge in [-0.2, -0.15) is 4.57 Å². The third-order valence-corrected chi connectivity index (χ3v) is 4.00. The van der Waals surface area contributed by atoms with E-state index >= 15 is 0 Å². The average Bonchev–Trinajstić information content (AvgIpc) is 2.79. The Balaban J connectivity index is 0.00000132. The van der Waals surface area contributed by atoms with E-state index in [1.807, 2.05) is 28.7 Å². The molecule has 0 amide bonds. The first-order chi connectivity index (χ1) is 9.68. The molecule has 1 aromatic carbocycles. The summed E-state index contributed by atoms with van der Waals surface area (Å²) in [5.74, 6) is 0. The molecule has 3 aromatic heterocycles. The molecule has 3 heterocycles. The van der Waals surface area contributed by atoms with Gasteiger partial charge >= 0.3 is 0 Å². The van der Waals surface area contributed by atoms with Crippen LogP contribution in [0.25, 0.3) is 27.3 Å². The van der Waals surface area contributed by atoms with Gasteiger partial charge in [0.05, 0.1) is 5.52 Å². The molecule has 0 unspecified atom stereocenters. The van der Waals surface area contributed by atoms with Gasteiger partial charge in [-0.1, -0.05) is 18.2 Å². The zero-order valence-electron chi connectivity index (χ0n) is 11.9. The maximum absolute atomic E-state index is 12.3. The fourth-order valence-corrected chi connectivity index (χ4v) is 3.11. The molecule has 4 aromatic rings. The lowest BCUT2D eigenvalue weighted by Crippen LogP contribution is -3.00. The number of nitrogens with zero attached hydrogens (tertiary/aromatic N) is 2. The number of halogens is 1. The van der Waals surface area contributed by atoms with Crippen LogP contribution in [-0.4, -0.2) is 4.40 Å². The second-order valence-corrected chi connectivity index (χ2v) is 5.49. The van der Waals surface area contributed by atoms with E-state index in [1.165, 1.54) is 0 Å². The Morgan fingerprint density at radius 2 is 1.76 bits per heavy atom. The number of hydrogen-bond donors (Lipinski definition) is 0. The molecular formula is C17H15IN2O. The summed E-state index contributed by atoms with van der Waals surface area (Å²) in [4.78, 5) is 12.3. The molecule has 0 fully saturated rings. The molecule has 0 bridgehead atoms. The number of para-hydroxylation sites is 1. The van der Waals surface area contributed by atoms with Gasteiger partial charge in [0, 0.05) is 29.0 Å². The van der Waals surface area contributed by atoms with Crippen molar-refractivity contribution in [1.29, 1.82) is 0 Å². The summed E-state index contributed by atoms with van der Waals surface area (Å²) in [5, 5.41) is 2.28. The van der Waals surface area contributed by atoms with E-state index in [-0.39, 0.29) is 29.5 Å². The van der Waals surface area contributed by atoms with Gasteiger partial charge in [-0.15, -0.1) is 0 Å². The van der Waals surface area contributed by atoms with E-state index in [0.29, 0.717) is 6.04 Å². The van der Waals surface area contributed by atoms with Crippen molar-refractivity contribution >= 4 is 27.3 Å². The summed E-state index contributed by atoms with van der Waals surface area (Å²) in [5.41, 5.74) is 3.15. The van der Waals surface area contributed by atoms with E-state index in [9.17, 15) is 4.79 Å². The van der Waals surface area contributed by atoms with Crippen LogP contribution in [0.5, 0.6) is 0 Å². The molecule has 0 saturated heterocycles. The quantitative estimate of drug-likeness (QED) is 0.330. The van der Waals surface area contributed by atoms with Crippen LogP contribution in [0.3, 0.4) is 0 Å². The summed E-state index contributed by atoms with van der Waals surface area (Å²) in [6, 6.07) is 14.2. The summed E-state index contributed by atoms with van der Waals surface area (Å²) in [7, 11) is 0. The Labute approximate surface area is 139 Å². The number of aromatic nitrogens is 2. The van der Waals surface area contributed by atoms with Gasteiger partial charge in [0.2, 0.25) is 5.52 Å². The normalized spacial score (nSPS) is 11.6. The van der Waals surface area contributed by atoms with Crippen molar-refractivity contribution in [1.82, 2.24) is 4.40 Å². The fourth-order valence-electron chi connectivity index (χ4n) is 3.11. The standard InChI is InChI=1S/C17H15N2O.HI/c1-11(2)18-10-9-13-12-5-3-4-6-14(12)19-16(20)8-7-15(18)17(13)19;/h3-11H,1-2H3;1H/q+1;/p-1. The predicted molar refractivity (Wildman–Crippen MR) is 80.4 cm³/mol. The Bertz CT molecular complexity index is 1000. The molecule has 0 radical (unpaired) electrons. The lowest BCUT2D eigenvalue weighted by molar-refractivity contribution is -0.691. The second-order valence-electron chi connectivity index (χ2n) is 5.49. The third kappa shape index (κ3) is 1.85. The molecule has 0 aliphatic heterocycles. The number of pyridine rings is 2. The highest BCUT2D eigenvalue weighted by Gasteiger charge is 2.20. The average molecular weight is 390 g/mol. The number of fused-ring (bicyclic) bond motifs is 3. The van der Waals surface area contributed by atoms with Crippen LogP contribution in [0.4, 0.5) is 0 Å². The zero-order valence-corrected chi connectivity index (χ0v) is 14.0. The van der Waals surface area contributed by atoms with Crippen molar-refractivity contribution in [2.45, 2.75) is 19.9 Å². The Hall–Kier alpha value is -1.69. The number of rotatable bonds is 1. The summed E-state index contributed by atoms with van der Waals surface area (Å²) >= 11 is 0. The Kier molecular flexibility index (Phi) is 3.36. The highest BCUT2D eigenvalue weighted by atomic mass is 127. The van der Waals surface area contributed by atoms with Gasteiger partial charge in [0.15, 0.2) is 12.2 Å². The Morgan fingerprint density at radius 3 is 2.52 bits per heavy atom. The minimum absolute atomic E-state index is 0. The topological polar surface area (TPSA) is 25.4 Å². The first-order valence-electron chi connectivity index (χ1n) is 6.88. The van der Waals surface area contributed by atoms with Gasteiger partial charge in [-0.05, 0) is 19.9 Å². The molecule has 0 aliphatic carbocycles. The van der Waals surface area contributed by atoms with Gasteiger partial charge < -0.3 is 24.0 Å². The zero-order chi connectivity index (χ0) is 13.9. The van der Waals surface area contributed by atoms with Crippen LogP contribution >= 0.6 is 0 Å². The van der Waals surface area contributed by atoms with Crippen LogP contribution in [0.1, 0.15) is 19.9 Å². The molecule has 4 rings (SSSR count). The SMILES string of the molecule is CC(C)[n+]1ccc2c3ccccc3n3c(=O)ccc1c23.[I-]. The predicted octanol–water partition coefficient (Wildman–Crippen LogP) is -0.0839. The summed E-state index contributed by atoms with van der Waals surface area (Å²) in [6.45, 7) is 4.30. The van der Waals surface area contributed by atoms with E-state index < -0.39 is 0 Å².